The number of benzene rings is 3. The Morgan fingerprint density at radius 1 is 0.609 bits per heavy atom. The van der Waals surface area contributed by atoms with Crippen LogP contribution in [0, 0.1) is 0 Å². The smallest absolute Gasteiger partial charge is 0.411 e. The number of fused-ring (bicyclic) bond motifs is 2. The minimum atomic E-state index is -6.06. The van der Waals surface area contributed by atoms with E-state index in [1.165, 1.54) is 13.8 Å². The number of aromatic nitrogens is 2. The molecule has 0 aliphatic rings. The van der Waals surface area contributed by atoms with Crippen LogP contribution in [-0.4, -0.2) is 31.7 Å². The fourth-order valence-corrected chi connectivity index (χ4v) is 5.97. The van der Waals surface area contributed by atoms with Crippen molar-refractivity contribution in [2.75, 3.05) is 0 Å². The van der Waals surface area contributed by atoms with Gasteiger partial charge in [0.15, 0.2) is 0 Å². The van der Waals surface area contributed by atoms with Crippen LogP contribution in [0.3, 0.4) is 0 Å². The predicted molar refractivity (Wildman–Crippen MR) is 158 cm³/mol. The van der Waals surface area contributed by atoms with Gasteiger partial charge >= 0.3 is 12.4 Å². The molecule has 5 rings (SSSR count). The first kappa shape index (κ1) is 32.5. The molecule has 0 amide bonds. The molecule has 8 nitrogen and oxygen atoms in total. The number of phenolic OH excluding ortho intramolecular Hbond substituents is 2. The minimum Gasteiger partial charge on any atom is -0.508 e. The highest BCUT2D eigenvalue weighted by atomic mass is 19.4. The number of rotatable bonds is 4. The number of nitrogens with zero attached hydrogens (tertiary/aromatic N) is 2. The Balaban J connectivity index is 1.86. The Labute approximate surface area is 255 Å². The number of hydrogen-bond donors (Lipinski definition) is 2. The molecular formula is C32H26F6N2O6. The lowest BCUT2D eigenvalue weighted by Gasteiger charge is -2.39. The van der Waals surface area contributed by atoms with E-state index in [1.54, 1.807) is 20.8 Å². The van der Waals surface area contributed by atoms with Crippen LogP contribution in [0.5, 0.6) is 11.5 Å². The van der Waals surface area contributed by atoms with E-state index in [0.717, 1.165) is 16.7 Å². The molecule has 2 N–H and O–H groups in total. The van der Waals surface area contributed by atoms with Crippen molar-refractivity contribution < 1.29 is 36.6 Å². The van der Waals surface area contributed by atoms with E-state index < -0.39 is 90.5 Å². The molecule has 46 heavy (non-hydrogen) atoms. The van der Waals surface area contributed by atoms with Gasteiger partial charge in [-0.25, -0.2) is 4.57 Å². The van der Waals surface area contributed by atoms with Gasteiger partial charge in [-0.05, 0) is 73.7 Å². The van der Waals surface area contributed by atoms with E-state index in [4.69, 9.17) is 0 Å². The summed E-state index contributed by atoms with van der Waals surface area (Å²) in [7, 11) is 0. The number of aromatic hydroxyl groups is 2. The van der Waals surface area contributed by atoms with Crippen molar-refractivity contribution in [2.45, 2.75) is 63.8 Å². The van der Waals surface area contributed by atoms with E-state index in [0.29, 0.717) is 30.3 Å². The number of phenols is 2. The second kappa shape index (κ2) is 10.1. The Bertz CT molecular complexity index is 2170. The summed E-state index contributed by atoms with van der Waals surface area (Å²) in [5.74, 6) is -2.20. The van der Waals surface area contributed by atoms with Crippen molar-refractivity contribution in [3.05, 3.63) is 107 Å². The Morgan fingerprint density at radius 3 is 1.43 bits per heavy atom. The van der Waals surface area contributed by atoms with Crippen LogP contribution in [0.1, 0.15) is 57.2 Å². The second-order valence-corrected chi connectivity index (χ2v) is 12.4. The molecule has 3 aromatic carbocycles. The molecule has 0 saturated heterocycles. The van der Waals surface area contributed by atoms with E-state index in [2.05, 4.69) is 0 Å². The maximum atomic E-state index is 14.9. The number of alkyl halides is 6. The molecular weight excluding hydrogens is 622 g/mol. The lowest BCUT2D eigenvalue weighted by atomic mass is 9.72. The molecule has 0 aliphatic carbocycles. The molecule has 0 fully saturated rings. The first-order valence-electron chi connectivity index (χ1n) is 13.8. The molecule has 0 radical (unpaired) electrons. The largest absolute Gasteiger partial charge is 0.508 e. The lowest BCUT2D eigenvalue weighted by Crippen LogP contribution is -2.54. The molecule has 0 saturated carbocycles. The zero-order chi connectivity index (χ0) is 34.5. The zero-order valence-corrected chi connectivity index (χ0v) is 24.9. The summed E-state index contributed by atoms with van der Waals surface area (Å²) >= 11 is 0. The van der Waals surface area contributed by atoms with Gasteiger partial charge in [0.05, 0.1) is 27.2 Å². The van der Waals surface area contributed by atoms with Crippen LogP contribution in [0.2, 0.25) is 0 Å². The Kier molecular flexibility index (Phi) is 7.11. The van der Waals surface area contributed by atoms with Crippen LogP contribution in [0.25, 0.3) is 27.2 Å². The molecule has 242 valence electrons. The molecule has 2 aromatic heterocycles. The van der Waals surface area contributed by atoms with Crippen LogP contribution in [0.4, 0.5) is 26.3 Å². The zero-order valence-electron chi connectivity index (χ0n) is 24.9. The molecule has 14 heteroatoms. The van der Waals surface area contributed by atoms with Crippen molar-refractivity contribution in [1.29, 1.82) is 0 Å². The molecule has 0 bridgehead atoms. The summed E-state index contributed by atoms with van der Waals surface area (Å²) in [5, 5.41) is 19.4. The van der Waals surface area contributed by atoms with Crippen molar-refractivity contribution in [3.8, 4) is 17.2 Å². The van der Waals surface area contributed by atoms with Crippen molar-refractivity contribution in [3.63, 3.8) is 0 Å². The molecule has 0 aliphatic heterocycles. The highest BCUT2D eigenvalue weighted by Crippen LogP contribution is 2.57. The topological polar surface area (TPSA) is 119 Å². The summed E-state index contributed by atoms with van der Waals surface area (Å²) in [6.45, 7) is 7.67. The minimum absolute atomic E-state index is 0.197. The Hall–Kier alpha value is -4.88. The first-order valence-corrected chi connectivity index (χ1v) is 13.8. The van der Waals surface area contributed by atoms with Crippen molar-refractivity contribution in [2.24, 2.45) is 0 Å². The van der Waals surface area contributed by atoms with Crippen LogP contribution < -0.4 is 22.2 Å². The summed E-state index contributed by atoms with van der Waals surface area (Å²) in [6, 6.07) is 4.86. The maximum absolute atomic E-state index is 14.9. The monoisotopic (exact) mass is 648 g/mol. The third kappa shape index (κ3) is 4.44. The average molecular weight is 649 g/mol. The fourth-order valence-electron chi connectivity index (χ4n) is 5.97. The van der Waals surface area contributed by atoms with Gasteiger partial charge in [0.1, 0.15) is 11.5 Å². The van der Waals surface area contributed by atoms with E-state index in [1.807, 2.05) is 0 Å². The lowest BCUT2D eigenvalue weighted by molar-refractivity contribution is -0.288. The van der Waals surface area contributed by atoms with E-state index in [9.17, 15) is 55.7 Å². The average Bonchev–Trinajstić information content (AvgIpc) is 3.31. The van der Waals surface area contributed by atoms with Gasteiger partial charge in [-0.1, -0.05) is 32.0 Å². The summed E-state index contributed by atoms with van der Waals surface area (Å²) in [6.07, 6.45) is -12.1. The third-order valence-corrected chi connectivity index (χ3v) is 8.14. The highest BCUT2D eigenvalue weighted by Gasteiger charge is 2.72. The summed E-state index contributed by atoms with van der Waals surface area (Å²) in [4.78, 5) is 53.1. The predicted octanol–water partition coefficient (Wildman–Crippen LogP) is 5.60. The number of halogens is 6. The highest BCUT2D eigenvalue weighted by molar-refractivity contribution is 5.98. The van der Waals surface area contributed by atoms with Gasteiger partial charge in [0.25, 0.3) is 22.2 Å². The van der Waals surface area contributed by atoms with Crippen molar-refractivity contribution in [1.82, 2.24) is 9.13 Å². The standard InChI is InChI=1S/C32H26F6N2O6/c1-14(2)17-10-15(6-8-23(17)41)30(31(33,34)35,32(36,37)38)16-7-9-24(42)22(11-16)39-25(43)18-12-20-21(13-19(18)26(39)44)28(46)40(27(20)45)29(3,4)5/h6-14,41-42H,1-5H3. The van der Waals surface area contributed by atoms with Gasteiger partial charge in [0.2, 0.25) is 5.41 Å². The van der Waals surface area contributed by atoms with E-state index in [-0.39, 0.29) is 27.0 Å². The molecule has 0 spiro atoms. The van der Waals surface area contributed by atoms with Crippen LogP contribution in [0.15, 0.2) is 67.7 Å². The third-order valence-electron chi connectivity index (χ3n) is 8.14. The van der Waals surface area contributed by atoms with Gasteiger partial charge in [-0.3, -0.25) is 23.7 Å². The first-order chi connectivity index (χ1) is 21.1. The molecule has 5 aromatic rings. The van der Waals surface area contributed by atoms with Gasteiger partial charge < -0.3 is 10.2 Å². The second-order valence-electron chi connectivity index (χ2n) is 12.4. The summed E-state index contributed by atoms with van der Waals surface area (Å²) < 4.78 is 90.6. The van der Waals surface area contributed by atoms with Crippen LogP contribution in [-0.2, 0) is 11.0 Å². The van der Waals surface area contributed by atoms with Crippen molar-refractivity contribution >= 4 is 21.5 Å². The Morgan fingerprint density at radius 2 is 1.02 bits per heavy atom. The van der Waals surface area contributed by atoms with E-state index >= 15 is 0 Å². The molecule has 0 unspecified atom stereocenters. The fraction of sp³-hybridized carbons (Fsp3) is 0.312. The van der Waals surface area contributed by atoms with Gasteiger partial charge in [0, 0.05) is 5.54 Å². The van der Waals surface area contributed by atoms with Crippen LogP contribution >= 0.6 is 0 Å². The quantitative estimate of drug-likeness (QED) is 0.245. The maximum Gasteiger partial charge on any atom is 0.411 e. The SMILES string of the molecule is CC(C)c1cc(C(c2ccc(O)c(-n3c(=O)c4cc5c(=O)n(C(C)(C)C)c(=O)c5cc4c3=O)c2)(C(F)(F)F)C(F)(F)F)ccc1O. The van der Waals surface area contributed by atoms with Gasteiger partial charge in [-0.2, -0.15) is 26.3 Å². The normalized spacial score (nSPS) is 13.4. The summed E-state index contributed by atoms with van der Waals surface area (Å²) in [5.41, 5.74) is -13.7. The van der Waals surface area contributed by atoms with Gasteiger partial charge in [-0.15, -0.1) is 0 Å². The molecule has 0 atom stereocenters. The number of hydrogen-bond acceptors (Lipinski definition) is 6. The molecule has 2 heterocycles.